The molecule has 0 saturated carbocycles. The van der Waals surface area contributed by atoms with E-state index in [4.69, 9.17) is 4.74 Å². The zero-order valence-corrected chi connectivity index (χ0v) is 17.4. The van der Waals surface area contributed by atoms with E-state index in [1.165, 1.54) is 5.56 Å². The molecular formula is C22H30N4O4. The third kappa shape index (κ3) is 4.34. The molecule has 2 amide bonds. The molecule has 0 bridgehead atoms. The standard InChI is InChI=1S/C22H30N4O4/c1-2-30-22(29)16-8-10-26(11-9-16)21(28)18-14-25(12-15-6-4-3-5-7-15)13-17-19(18)23-24-20(17)27/h3-7,16-19,23H,2,8-14H2,1H3,(H,24,27). The molecule has 3 aliphatic heterocycles. The quantitative estimate of drug-likeness (QED) is 0.684. The van der Waals surface area contributed by atoms with Gasteiger partial charge < -0.3 is 9.64 Å². The molecule has 3 atom stereocenters. The minimum atomic E-state index is -0.300. The van der Waals surface area contributed by atoms with Gasteiger partial charge in [0.2, 0.25) is 11.8 Å². The van der Waals surface area contributed by atoms with Gasteiger partial charge in [-0.25, -0.2) is 5.43 Å². The summed E-state index contributed by atoms with van der Waals surface area (Å²) in [4.78, 5) is 41.8. The second-order valence-electron chi connectivity index (χ2n) is 8.40. The molecule has 2 N–H and O–H groups in total. The number of piperidine rings is 2. The lowest BCUT2D eigenvalue weighted by atomic mass is 9.83. The fourth-order valence-electron chi connectivity index (χ4n) is 4.87. The zero-order valence-electron chi connectivity index (χ0n) is 17.4. The normalized spacial score (nSPS) is 27.4. The van der Waals surface area contributed by atoms with Gasteiger partial charge >= 0.3 is 5.97 Å². The second-order valence-corrected chi connectivity index (χ2v) is 8.40. The van der Waals surface area contributed by atoms with Crippen molar-refractivity contribution in [1.82, 2.24) is 20.7 Å². The molecule has 8 heteroatoms. The zero-order chi connectivity index (χ0) is 21.1. The average Bonchev–Trinajstić information content (AvgIpc) is 3.14. The molecule has 0 aliphatic carbocycles. The van der Waals surface area contributed by atoms with Crippen molar-refractivity contribution in [2.24, 2.45) is 17.8 Å². The lowest BCUT2D eigenvalue weighted by molar-refractivity contribution is -0.152. The van der Waals surface area contributed by atoms with Crippen molar-refractivity contribution >= 4 is 17.8 Å². The molecule has 0 spiro atoms. The van der Waals surface area contributed by atoms with Gasteiger partial charge in [0.05, 0.1) is 30.4 Å². The van der Waals surface area contributed by atoms with Crippen molar-refractivity contribution in [3.63, 3.8) is 0 Å². The largest absolute Gasteiger partial charge is 0.466 e. The van der Waals surface area contributed by atoms with E-state index in [1.807, 2.05) is 23.1 Å². The highest BCUT2D eigenvalue weighted by Crippen LogP contribution is 2.30. The second kappa shape index (κ2) is 9.14. The van der Waals surface area contributed by atoms with E-state index in [9.17, 15) is 14.4 Å². The Bertz CT molecular complexity index is 779. The average molecular weight is 415 g/mol. The lowest BCUT2D eigenvalue weighted by Crippen LogP contribution is -2.58. The van der Waals surface area contributed by atoms with E-state index in [2.05, 4.69) is 27.9 Å². The Labute approximate surface area is 176 Å². The molecule has 4 rings (SSSR count). The van der Waals surface area contributed by atoms with Crippen molar-refractivity contribution in [3.05, 3.63) is 35.9 Å². The summed E-state index contributed by atoms with van der Waals surface area (Å²) in [5, 5.41) is 0. The Morgan fingerprint density at radius 1 is 1.13 bits per heavy atom. The number of carbonyl (C=O) groups is 3. The Kier molecular flexibility index (Phi) is 6.34. The molecular weight excluding hydrogens is 384 g/mol. The number of likely N-dealkylation sites (tertiary alicyclic amines) is 2. The van der Waals surface area contributed by atoms with Crippen LogP contribution in [0, 0.1) is 17.8 Å². The van der Waals surface area contributed by atoms with Crippen molar-refractivity contribution in [1.29, 1.82) is 0 Å². The predicted molar refractivity (Wildman–Crippen MR) is 110 cm³/mol. The maximum absolute atomic E-state index is 13.4. The van der Waals surface area contributed by atoms with Crippen molar-refractivity contribution in [2.45, 2.75) is 32.4 Å². The van der Waals surface area contributed by atoms with E-state index in [0.717, 1.165) is 0 Å². The van der Waals surface area contributed by atoms with Crippen LogP contribution >= 0.6 is 0 Å². The number of ether oxygens (including phenoxy) is 1. The molecule has 30 heavy (non-hydrogen) atoms. The number of rotatable bonds is 5. The smallest absolute Gasteiger partial charge is 0.309 e. The van der Waals surface area contributed by atoms with Crippen LogP contribution in [0.4, 0.5) is 0 Å². The van der Waals surface area contributed by atoms with Crippen LogP contribution in [0.5, 0.6) is 0 Å². The fraction of sp³-hybridized carbons (Fsp3) is 0.591. The van der Waals surface area contributed by atoms with Crippen molar-refractivity contribution in [2.75, 3.05) is 32.8 Å². The van der Waals surface area contributed by atoms with Gasteiger partial charge in [-0.15, -0.1) is 0 Å². The number of nitrogens with zero attached hydrogens (tertiary/aromatic N) is 2. The topological polar surface area (TPSA) is 91.0 Å². The molecule has 3 fully saturated rings. The molecule has 3 unspecified atom stereocenters. The number of nitrogens with one attached hydrogen (secondary N) is 2. The van der Waals surface area contributed by atoms with Gasteiger partial charge in [-0.2, -0.15) is 0 Å². The summed E-state index contributed by atoms with van der Waals surface area (Å²) in [7, 11) is 0. The number of amides is 2. The van der Waals surface area contributed by atoms with E-state index < -0.39 is 0 Å². The Hall–Kier alpha value is -2.45. The maximum Gasteiger partial charge on any atom is 0.309 e. The third-order valence-electron chi connectivity index (χ3n) is 6.47. The Balaban J connectivity index is 1.42. The molecule has 1 aromatic rings. The van der Waals surface area contributed by atoms with Gasteiger partial charge in [-0.3, -0.25) is 24.7 Å². The Morgan fingerprint density at radius 2 is 1.87 bits per heavy atom. The molecule has 8 nitrogen and oxygen atoms in total. The van der Waals surface area contributed by atoms with Crippen LogP contribution in [0.25, 0.3) is 0 Å². The van der Waals surface area contributed by atoms with Gasteiger partial charge in [0.1, 0.15) is 0 Å². The summed E-state index contributed by atoms with van der Waals surface area (Å²) in [6.45, 7) is 5.24. The number of esters is 1. The van der Waals surface area contributed by atoms with Gasteiger partial charge in [0, 0.05) is 32.7 Å². The summed E-state index contributed by atoms with van der Waals surface area (Å²) in [6.07, 6.45) is 1.26. The van der Waals surface area contributed by atoms with Crippen molar-refractivity contribution < 1.29 is 19.1 Å². The van der Waals surface area contributed by atoms with E-state index in [-0.39, 0.29) is 41.6 Å². The van der Waals surface area contributed by atoms with E-state index >= 15 is 0 Å². The van der Waals surface area contributed by atoms with Crippen LogP contribution in [0.15, 0.2) is 30.3 Å². The summed E-state index contributed by atoms with van der Waals surface area (Å²) in [5.74, 6) is -0.816. The molecule has 0 radical (unpaired) electrons. The number of benzene rings is 1. The monoisotopic (exact) mass is 414 g/mol. The minimum absolute atomic E-state index is 0.0448. The number of carbonyl (C=O) groups excluding carboxylic acids is 3. The van der Waals surface area contributed by atoms with Crippen LogP contribution in [-0.4, -0.2) is 66.4 Å². The SMILES string of the molecule is CCOC(=O)C1CCN(C(=O)C2CN(Cc3ccccc3)CC3C(=O)NNC32)CC1. The van der Waals surface area contributed by atoms with Gasteiger partial charge in [-0.05, 0) is 25.3 Å². The van der Waals surface area contributed by atoms with Crippen LogP contribution in [0.1, 0.15) is 25.3 Å². The maximum atomic E-state index is 13.4. The number of hydrazine groups is 1. The molecule has 162 valence electrons. The highest BCUT2D eigenvalue weighted by atomic mass is 16.5. The molecule has 3 aliphatic rings. The van der Waals surface area contributed by atoms with E-state index in [0.29, 0.717) is 52.2 Å². The summed E-state index contributed by atoms with van der Waals surface area (Å²) >= 11 is 0. The molecule has 0 aromatic heterocycles. The lowest BCUT2D eigenvalue weighted by Gasteiger charge is -2.41. The molecule has 3 saturated heterocycles. The minimum Gasteiger partial charge on any atom is -0.466 e. The van der Waals surface area contributed by atoms with Crippen LogP contribution in [0.2, 0.25) is 0 Å². The van der Waals surface area contributed by atoms with Crippen LogP contribution < -0.4 is 10.9 Å². The molecule has 1 aromatic carbocycles. The summed E-state index contributed by atoms with van der Waals surface area (Å²) < 4.78 is 5.13. The van der Waals surface area contributed by atoms with Gasteiger partial charge in [0.15, 0.2) is 0 Å². The summed E-state index contributed by atoms with van der Waals surface area (Å²) in [5.41, 5.74) is 6.95. The Morgan fingerprint density at radius 3 is 2.57 bits per heavy atom. The van der Waals surface area contributed by atoms with Crippen LogP contribution in [-0.2, 0) is 25.7 Å². The first-order valence-electron chi connectivity index (χ1n) is 10.8. The summed E-state index contributed by atoms with van der Waals surface area (Å²) in [6, 6.07) is 9.92. The van der Waals surface area contributed by atoms with E-state index in [1.54, 1.807) is 6.92 Å². The van der Waals surface area contributed by atoms with Crippen LogP contribution in [0.3, 0.4) is 0 Å². The number of fused-ring (bicyclic) bond motifs is 1. The van der Waals surface area contributed by atoms with Gasteiger partial charge in [-0.1, -0.05) is 30.3 Å². The highest BCUT2D eigenvalue weighted by molar-refractivity contribution is 5.86. The first kappa shape index (κ1) is 20.8. The van der Waals surface area contributed by atoms with Crippen molar-refractivity contribution in [3.8, 4) is 0 Å². The number of hydrogen-bond acceptors (Lipinski definition) is 6. The fourth-order valence-corrected chi connectivity index (χ4v) is 4.87. The first-order chi connectivity index (χ1) is 14.6. The predicted octanol–water partition coefficient (Wildman–Crippen LogP) is 0.539. The number of hydrogen-bond donors (Lipinski definition) is 2. The first-order valence-corrected chi connectivity index (χ1v) is 10.8. The van der Waals surface area contributed by atoms with Gasteiger partial charge in [0.25, 0.3) is 0 Å². The molecule has 3 heterocycles. The highest BCUT2D eigenvalue weighted by Gasteiger charge is 2.48. The third-order valence-corrected chi connectivity index (χ3v) is 6.47.